The fraction of sp³-hybridized carbons (Fsp3) is 0. The minimum absolute atomic E-state index is 0.0918. The Balaban J connectivity index is 3.03. The van der Waals surface area contributed by atoms with Gasteiger partial charge in [-0.25, -0.2) is 9.55 Å². The summed E-state index contributed by atoms with van der Waals surface area (Å²) in [4.78, 5) is 20.4. The molecule has 6 N–H and O–H groups in total. The van der Waals surface area contributed by atoms with Crippen LogP contribution in [0, 0.1) is 0 Å². The first-order valence-electron chi connectivity index (χ1n) is 3.15. The highest BCUT2D eigenvalue weighted by Gasteiger charge is 2.19. The summed E-state index contributed by atoms with van der Waals surface area (Å²) >= 11 is 0. The monoisotopic (exact) mass is 205 g/mol. The maximum atomic E-state index is 10.4. The first kappa shape index (κ1) is 9.79. The molecule has 0 aliphatic heterocycles. The van der Waals surface area contributed by atoms with E-state index in [1.165, 1.54) is 12.3 Å². The number of phosphoric ester groups is 1. The van der Waals surface area contributed by atoms with Gasteiger partial charge >= 0.3 is 7.82 Å². The molecule has 0 saturated carbocycles. The van der Waals surface area contributed by atoms with E-state index in [1.54, 1.807) is 0 Å². The van der Waals surface area contributed by atoms with Crippen molar-refractivity contribution in [3.8, 4) is 5.88 Å². The Kier molecular flexibility index (Phi) is 2.42. The number of rotatable bonds is 2. The number of nitrogens with zero attached hydrogens (tertiary/aromatic N) is 1. The fourth-order valence-electron chi connectivity index (χ4n) is 0.653. The normalized spacial score (nSPS) is 11.2. The van der Waals surface area contributed by atoms with Gasteiger partial charge in [-0.15, -0.1) is 0 Å². The van der Waals surface area contributed by atoms with Crippen molar-refractivity contribution in [3.63, 3.8) is 0 Å². The molecule has 0 spiro atoms. The molecule has 0 bridgehead atoms. The van der Waals surface area contributed by atoms with Gasteiger partial charge < -0.3 is 16.0 Å². The van der Waals surface area contributed by atoms with Crippen molar-refractivity contribution in [2.75, 3.05) is 11.5 Å². The highest BCUT2D eigenvalue weighted by Crippen LogP contribution is 2.39. The van der Waals surface area contributed by atoms with Gasteiger partial charge in [0, 0.05) is 6.20 Å². The zero-order valence-electron chi connectivity index (χ0n) is 6.41. The molecule has 0 fully saturated rings. The maximum Gasteiger partial charge on any atom is 0.526 e. The first-order chi connectivity index (χ1) is 5.90. The first-order valence-corrected chi connectivity index (χ1v) is 4.68. The number of nitrogens with two attached hydrogens (primary N) is 2. The predicted octanol–water partition coefficient (Wildman–Crippen LogP) is -0.282. The number of pyridine rings is 1. The third kappa shape index (κ3) is 2.59. The number of phosphoric acid groups is 1. The molecule has 1 aromatic rings. The molecule has 0 unspecified atom stereocenters. The Morgan fingerprint density at radius 3 is 2.62 bits per heavy atom. The Labute approximate surface area is 73.6 Å². The van der Waals surface area contributed by atoms with Gasteiger partial charge in [0.15, 0.2) is 0 Å². The molecule has 0 radical (unpaired) electrons. The molecule has 0 aliphatic rings. The summed E-state index contributed by atoms with van der Waals surface area (Å²) < 4.78 is 14.6. The molecule has 0 saturated heterocycles. The summed E-state index contributed by atoms with van der Waals surface area (Å²) in [5.41, 5.74) is 10.7. The molecular weight excluding hydrogens is 197 g/mol. The molecule has 0 aliphatic carbocycles. The van der Waals surface area contributed by atoms with Crippen molar-refractivity contribution in [1.29, 1.82) is 0 Å². The van der Waals surface area contributed by atoms with Gasteiger partial charge in [0.25, 0.3) is 0 Å². The number of aromatic nitrogens is 1. The maximum absolute atomic E-state index is 10.4. The lowest BCUT2D eigenvalue weighted by atomic mass is 10.3. The zero-order valence-corrected chi connectivity index (χ0v) is 7.31. The highest BCUT2D eigenvalue weighted by atomic mass is 31.2. The molecule has 8 heteroatoms. The topological polar surface area (TPSA) is 132 Å². The van der Waals surface area contributed by atoms with Crippen LogP contribution >= 0.6 is 7.82 Å². The van der Waals surface area contributed by atoms with Crippen molar-refractivity contribution in [2.24, 2.45) is 0 Å². The third-order valence-corrected chi connectivity index (χ3v) is 1.60. The average Bonchev–Trinajstić information content (AvgIpc) is 1.96. The molecule has 72 valence electrons. The second-order valence-electron chi connectivity index (χ2n) is 2.20. The summed E-state index contributed by atoms with van der Waals surface area (Å²) in [5, 5.41) is 0. The lowest BCUT2D eigenvalue weighted by Gasteiger charge is -2.08. The summed E-state index contributed by atoms with van der Waals surface area (Å²) in [6.07, 6.45) is 1.23. The lowest BCUT2D eigenvalue weighted by molar-refractivity contribution is 0.280. The SMILES string of the molecule is Nc1ccnc(OP(=O)(O)O)c1N. The van der Waals surface area contributed by atoms with E-state index in [0.29, 0.717) is 0 Å². The van der Waals surface area contributed by atoms with E-state index in [1.807, 2.05) is 0 Å². The van der Waals surface area contributed by atoms with Gasteiger partial charge in [0.1, 0.15) is 5.69 Å². The number of hydrogen-bond acceptors (Lipinski definition) is 5. The number of hydrogen-bond donors (Lipinski definition) is 4. The van der Waals surface area contributed by atoms with Crippen LogP contribution in [-0.2, 0) is 4.57 Å². The molecule has 0 atom stereocenters. The Morgan fingerprint density at radius 1 is 1.46 bits per heavy atom. The molecule has 0 aromatic carbocycles. The van der Waals surface area contributed by atoms with Gasteiger partial charge in [-0.1, -0.05) is 0 Å². The van der Waals surface area contributed by atoms with E-state index in [-0.39, 0.29) is 17.3 Å². The van der Waals surface area contributed by atoms with Gasteiger partial charge in [0.2, 0.25) is 5.88 Å². The highest BCUT2D eigenvalue weighted by molar-refractivity contribution is 7.46. The van der Waals surface area contributed by atoms with Crippen molar-refractivity contribution in [2.45, 2.75) is 0 Å². The van der Waals surface area contributed by atoms with Gasteiger partial charge in [-0.05, 0) is 6.07 Å². The molecule has 1 aromatic heterocycles. The van der Waals surface area contributed by atoms with Crippen LogP contribution in [0.4, 0.5) is 11.4 Å². The van der Waals surface area contributed by atoms with Crippen LogP contribution < -0.4 is 16.0 Å². The van der Waals surface area contributed by atoms with Crippen LogP contribution in [0.5, 0.6) is 5.88 Å². The Morgan fingerprint density at radius 2 is 2.08 bits per heavy atom. The smallest absolute Gasteiger partial charge is 0.397 e. The minimum atomic E-state index is -4.63. The van der Waals surface area contributed by atoms with E-state index in [2.05, 4.69) is 9.51 Å². The Bertz CT molecular complexity index is 363. The Hall–Kier alpha value is -1.30. The van der Waals surface area contributed by atoms with Crippen LogP contribution in [0.1, 0.15) is 0 Å². The van der Waals surface area contributed by atoms with Gasteiger partial charge in [-0.3, -0.25) is 9.79 Å². The van der Waals surface area contributed by atoms with Crippen molar-refractivity contribution >= 4 is 19.2 Å². The summed E-state index contributed by atoms with van der Waals surface area (Å²) in [7, 11) is -4.63. The summed E-state index contributed by atoms with van der Waals surface area (Å²) in [6.45, 7) is 0. The summed E-state index contributed by atoms with van der Waals surface area (Å²) in [6, 6.07) is 1.39. The van der Waals surface area contributed by atoms with Crippen LogP contribution in [-0.4, -0.2) is 14.8 Å². The van der Waals surface area contributed by atoms with Crippen LogP contribution in [0.15, 0.2) is 12.3 Å². The quantitative estimate of drug-likeness (QED) is 0.488. The van der Waals surface area contributed by atoms with Crippen molar-refractivity contribution in [3.05, 3.63) is 12.3 Å². The average molecular weight is 205 g/mol. The second kappa shape index (κ2) is 3.21. The molecule has 7 nitrogen and oxygen atoms in total. The van der Waals surface area contributed by atoms with E-state index in [9.17, 15) is 4.57 Å². The minimum Gasteiger partial charge on any atom is -0.397 e. The third-order valence-electron chi connectivity index (χ3n) is 1.19. The standard InChI is InChI=1S/C5H8N3O4P/c6-3-1-2-8-5(4(3)7)12-13(9,10)11/h1-2H,7H2,(H2,6,8)(H2,9,10,11). The van der Waals surface area contributed by atoms with E-state index < -0.39 is 7.82 Å². The lowest BCUT2D eigenvalue weighted by Crippen LogP contribution is -2.01. The fourth-order valence-corrected chi connectivity index (χ4v) is 1.02. The van der Waals surface area contributed by atoms with Crippen LogP contribution in [0.3, 0.4) is 0 Å². The van der Waals surface area contributed by atoms with Gasteiger partial charge in [-0.2, -0.15) is 0 Å². The molecule has 13 heavy (non-hydrogen) atoms. The molecular formula is C5H8N3O4P. The number of nitrogen functional groups attached to an aromatic ring is 2. The van der Waals surface area contributed by atoms with E-state index in [0.717, 1.165) is 0 Å². The van der Waals surface area contributed by atoms with Gasteiger partial charge in [0.05, 0.1) is 5.69 Å². The summed E-state index contributed by atoms with van der Waals surface area (Å²) in [5.74, 6) is -0.367. The van der Waals surface area contributed by atoms with Crippen molar-refractivity contribution < 1.29 is 18.9 Å². The zero-order chi connectivity index (χ0) is 10.1. The largest absolute Gasteiger partial charge is 0.526 e. The molecule has 1 rings (SSSR count). The molecule has 1 heterocycles. The van der Waals surface area contributed by atoms with E-state index in [4.69, 9.17) is 21.3 Å². The van der Waals surface area contributed by atoms with E-state index >= 15 is 0 Å². The number of anilines is 2. The predicted molar refractivity (Wildman–Crippen MR) is 45.7 cm³/mol. The van der Waals surface area contributed by atoms with Crippen LogP contribution in [0.2, 0.25) is 0 Å². The molecule has 0 amide bonds. The van der Waals surface area contributed by atoms with Crippen LogP contribution in [0.25, 0.3) is 0 Å². The second-order valence-corrected chi connectivity index (χ2v) is 3.36. The van der Waals surface area contributed by atoms with Crippen molar-refractivity contribution in [1.82, 2.24) is 4.98 Å².